The number of nitrogens with one attached hydrogen (secondary N) is 1. The average Bonchev–Trinajstić information content (AvgIpc) is 3.31. The molecule has 6 heteroatoms. The van der Waals surface area contributed by atoms with Gasteiger partial charge in [-0.25, -0.2) is 9.78 Å². The Morgan fingerprint density at radius 2 is 2.17 bits per heavy atom. The molecule has 3 heterocycles. The molecule has 1 saturated heterocycles. The van der Waals surface area contributed by atoms with Gasteiger partial charge in [0, 0.05) is 37.3 Å². The molecule has 2 amide bonds. The number of hydrogen-bond donors (Lipinski definition) is 1. The summed E-state index contributed by atoms with van der Waals surface area (Å²) in [5.41, 5.74) is 1.03. The highest BCUT2D eigenvalue weighted by Crippen LogP contribution is 2.17. The van der Waals surface area contributed by atoms with Crippen LogP contribution in [0.1, 0.15) is 30.2 Å². The van der Waals surface area contributed by atoms with E-state index in [1.54, 1.807) is 11.3 Å². The molecule has 0 spiro atoms. The molecule has 0 unspecified atom stereocenters. The number of thiophene rings is 1. The highest BCUT2D eigenvalue weighted by molar-refractivity contribution is 7.09. The van der Waals surface area contributed by atoms with Crippen LogP contribution in [0, 0.1) is 0 Å². The number of urea groups is 1. The number of pyridine rings is 1. The van der Waals surface area contributed by atoms with Gasteiger partial charge in [-0.3, -0.25) is 0 Å². The van der Waals surface area contributed by atoms with Gasteiger partial charge in [-0.15, -0.1) is 11.3 Å². The van der Waals surface area contributed by atoms with E-state index in [1.165, 1.54) is 17.7 Å². The fraction of sp³-hybridized carbons (Fsp3) is 0.444. The number of carbonyl (C=O) groups is 1. The first kappa shape index (κ1) is 16.8. The van der Waals surface area contributed by atoms with E-state index in [4.69, 9.17) is 0 Å². The topological polar surface area (TPSA) is 48.5 Å². The lowest BCUT2D eigenvalue weighted by Gasteiger charge is -2.21. The zero-order valence-electron chi connectivity index (χ0n) is 14.1. The Bertz CT molecular complexity index is 636. The van der Waals surface area contributed by atoms with Gasteiger partial charge in [0.05, 0.1) is 6.54 Å². The number of carbonyl (C=O) groups excluding carboxylic acids is 1. The highest BCUT2D eigenvalue weighted by Gasteiger charge is 2.14. The maximum Gasteiger partial charge on any atom is 0.317 e. The van der Waals surface area contributed by atoms with Gasteiger partial charge in [-0.05, 0) is 42.8 Å². The Balaban J connectivity index is 1.51. The van der Waals surface area contributed by atoms with Crippen molar-refractivity contribution in [2.24, 2.45) is 0 Å². The van der Waals surface area contributed by atoms with Crippen molar-refractivity contribution in [2.45, 2.75) is 32.9 Å². The Hall–Kier alpha value is -2.08. The van der Waals surface area contributed by atoms with Crippen LogP contribution in [0.2, 0.25) is 0 Å². The number of aromatic nitrogens is 1. The molecule has 0 aliphatic carbocycles. The molecule has 0 aromatic carbocycles. The summed E-state index contributed by atoms with van der Waals surface area (Å²) in [5.74, 6) is 1.04. The molecule has 1 N–H and O–H groups in total. The fourth-order valence-corrected chi connectivity index (χ4v) is 3.58. The number of nitrogens with zero attached hydrogens (tertiary/aromatic N) is 3. The van der Waals surface area contributed by atoms with Gasteiger partial charge in [-0.2, -0.15) is 0 Å². The van der Waals surface area contributed by atoms with Crippen LogP contribution < -0.4 is 10.2 Å². The molecular formula is C18H24N4OS. The summed E-state index contributed by atoms with van der Waals surface area (Å²) >= 11 is 1.68. The third-order valence-corrected chi connectivity index (χ3v) is 5.14. The average molecular weight is 344 g/mol. The monoisotopic (exact) mass is 344 g/mol. The molecule has 1 aliphatic heterocycles. The van der Waals surface area contributed by atoms with Gasteiger partial charge in [0.1, 0.15) is 5.82 Å². The van der Waals surface area contributed by atoms with Gasteiger partial charge in [0.25, 0.3) is 0 Å². The number of hydrogen-bond acceptors (Lipinski definition) is 4. The molecule has 0 radical (unpaired) electrons. The maximum atomic E-state index is 12.3. The van der Waals surface area contributed by atoms with Gasteiger partial charge < -0.3 is 15.1 Å². The summed E-state index contributed by atoms with van der Waals surface area (Å²) in [4.78, 5) is 22.2. The van der Waals surface area contributed by atoms with Crippen LogP contribution in [0.15, 0.2) is 35.8 Å². The summed E-state index contributed by atoms with van der Waals surface area (Å²) in [6.45, 7) is 6.04. The number of anilines is 1. The molecule has 1 fully saturated rings. The predicted molar refractivity (Wildman–Crippen MR) is 98.3 cm³/mol. The lowest BCUT2D eigenvalue weighted by atomic mass is 10.3. The van der Waals surface area contributed by atoms with Crippen molar-refractivity contribution in [1.29, 1.82) is 0 Å². The van der Waals surface area contributed by atoms with Crippen molar-refractivity contribution in [1.82, 2.24) is 15.2 Å². The summed E-state index contributed by atoms with van der Waals surface area (Å²) in [7, 11) is 0. The zero-order valence-corrected chi connectivity index (χ0v) is 14.9. The first-order chi connectivity index (χ1) is 11.8. The van der Waals surface area contributed by atoms with E-state index in [0.29, 0.717) is 19.6 Å². The second-order valence-electron chi connectivity index (χ2n) is 5.97. The molecule has 0 atom stereocenters. The minimum Gasteiger partial charge on any atom is -0.357 e. The van der Waals surface area contributed by atoms with Crippen LogP contribution in [0.3, 0.4) is 0 Å². The third-order valence-electron chi connectivity index (χ3n) is 4.28. The van der Waals surface area contributed by atoms with Crippen molar-refractivity contribution < 1.29 is 4.79 Å². The van der Waals surface area contributed by atoms with E-state index in [-0.39, 0.29) is 6.03 Å². The molecule has 0 saturated carbocycles. The first-order valence-corrected chi connectivity index (χ1v) is 9.39. The minimum absolute atomic E-state index is 0.0329. The van der Waals surface area contributed by atoms with Crippen molar-refractivity contribution in [3.63, 3.8) is 0 Å². The standard InChI is InChI=1S/C18H24N4OS/c1-2-21(14-16-6-5-11-24-16)18(23)20-13-15-7-8-17(19-12-15)22-9-3-4-10-22/h5-8,11-12H,2-4,9-10,13-14H2,1H3,(H,20,23). The Kier molecular flexibility index (Phi) is 5.69. The molecule has 0 bridgehead atoms. The normalized spacial score (nSPS) is 14.0. The van der Waals surface area contributed by atoms with Crippen molar-refractivity contribution in [3.8, 4) is 0 Å². The van der Waals surface area contributed by atoms with Crippen LogP contribution >= 0.6 is 11.3 Å². The van der Waals surface area contributed by atoms with Crippen LogP contribution in [0.25, 0.3) is 0 Å². The summed E-state index contributed by atoms with van der Waals surface area (Å²) in [5, 5.41) is 5.03. The second-order valence-corrected chi connectivity index (χ2v) is 7.00. The fourth-order valence-electron chi connectivity index (χ4n) is 2.86. The molecule has 5 nitrogen and oxygen atoms in total. The first-order valence-electron chi connectivity index (χ1n) is 8.51. The molecule has 2 aromatic rings. The van der Waals surface area contributed by atoms with Gasteiger partial charge >= 0.3 is 6.03 Å². The minimum atomic E-state index is -0.0329. The van der Waals surface area contributed by atoms with Crippen LogP contribution in [0.4, 0.5) is 10.6 Å². The molecular weight excluding hydrogens is 320 g/mol. The summed E-state index contributed by atoms with van der Waals surface area (Å²) < 4.78 is 0. The predicted octanol–water partition coefficient (Wildman–Crippen LogP) is 3.48. The Labute approximate surface area is 147 Å². The van der Waals surface area contributed by atoms with Crippen molar-refractivity contribution in [3.05, 3.63) is 46.3 Å². The lowest BCUT2D eigenvalue weighted by Crippen LogP contribution is -2.38. The van der Waals surface area contributed by atoms with Crippen LogP contribution in [-0.4, -0.2) is 35.5 Å². The largest absolute Gasteiger partial charge is 0.357 e. The summed E-state index contributed by atoms with van der Waals surface area (Å²) in [6.07, 6.45) is 4.36. The maximum absolute atomic E-state index is 12.3. The summed E-state index contributed by atoms with van der Waals surface area (Å²) in [6, 6.07) is 8.14. The Morgan fingerprint density at radius 3 is 2.79 bits per heavy atom. The number of amides is 2. The SMILES string of the molecule is CCN(Cc1cccs1)C(=O)NCc1ccc(N2CCCC2)nc1. The lowest BCUT2D eigenvalue weighted by molar-refractivity contribution is 0.198. The van der Waals surface area contributed by atoms with Crippen molar-refractivity contribution >= 4 is 23.2 Å². The van der Waals surface area contributed by atoms with E-state index < -0.39 is 0 Å². The van der Waals surface area contributed by atoms with E-state index in [0.717, 1.165) is 24.5 Å². The van der Waals surface area contributed by atoms with E-state index in [9.17, 15) is 4.79 Å². The highest BCUT2D eigenvalue weighted by atomic mass is 32.1. The number of rotatable bonds is 6. The Morgan fingerprint density at radius 1 is 1.33 bits per heavy atom. The van der Waals surface area contributed by atoms with E-state index >= 15 is 0 Å². The van der Waals surface area contributed by atoms with E-state index in [1.807, 2.05) is 29.5 Å². The van der Waals surface area contributed by atoms with Crippen LogP contribution in [0.5, 0.6) is 0 Å². The quantitative estimate of drug-likeness (QED) is 0.873. The van der Waals surface area contributed by atoms with Crippen molar-refractivity contribution in [2.75, 3.05) is 24.5 Å². The molecule has 128 valence electrons. The second kappa shape index (κ2) is 8.15. The zero-order chi connectivity index (χ0) is 16.8. The smallest absolute Gasteiger partial charge is 0.317 e. The molecule has 2 aromatic heterocycles. The van der Waals surface area contributed by atoms with Gasteiger partial charge in [0.15, 0.2) is 0 Å². The van der Waals surface area contributed by atoms with Gasteiger partial charge in [-0.1, -0.05) is 12.1 Å². The van der Waals surface area contributed by atoms with E-state index in [2.05, 4.69) is 33.4 Å². The third kappa shape index (κ3) is 4.26. The van der Waals surface area contributed by atoms with Gasteiger partial charge in [0.2, 0.25) is 0 Å². The van der Waals surface area contributed by atoms with Crippen LogP contribution in [-0.2, 0) is 13.1 Å². The molecule has 3 rings (SSSR count). The molecule has 1 aliphatic rings. The molecule has 24 heavy (non-hydrogen) atoms.